The second-order valence-corrected chi connectivity index (χ2v) is 5.96. The van der Waals surface area contributed by atoms with Crippen LogP contribution < -0.4 is 5.32 Å². The number of rotatable bonds is 6. The summed E-state index contributed by atoms with van der Waals surface area (Å²) in [4.78, 5) is 2.50. The van der Waals surface area contributed by atoms with Gasteiger partial charge in [-0.15, -0.1) is 0 Å². The van der Waals surface area contributed by atoms with E-state index in [9.17, 15) is 5.11 Å². The molecule has 0 amide bonds. The molecular weight excluding hydrogens is 212 g/mol. The quantitative estimate of drug-likeness (QED) is 0.746. The standard InChI is InChI=1S/C14H30N2O/c1-5-10-16(11-14(4,17)12(2)3)13-6-8-15-9-7-13/h12-13,15,17H,5-11H2,1-4H3. The van der Waals surface area contributed by atoms with Crippen molar-refractivity contribution in [3.8, 4) is 0 Å². The van der Waals surface area contributed by atoms with Gasteiger partial charge >= 0.3 is 0 Å². The molecule has 1 aliphatic rings. The van der Waals surface area contributed by atoms with Crippen molar-refractivity contribution in [2.24, 2.45) is 5.92 Å². The maximum absolute atomic E-state index is 10.5. The fraction of sp³-hybridized carbons (Fsp3) is 1.00. The Balaban J connectivity index is 2.58. The summed E-state index contributed by atoms with van der Waals surface area (Å²) in [6.45, 7) is 12.6. The van der Waals surface area contributed by atoms with Gasteiger partial charge in [-0.3, -0.25) is 4.90 Å². The summed E-state index contributed by atoms with van der Waals surface area (Å²) in [7, 11) is 0. The predicted molar refractivity (Wildman–Crippen MR) is 73.2 cm³/mol. The molecule has 1 heterocycles. The molecule has 0 spiro atoms. The Labute approximate surface area is 107 Å². The summed E-state index contributed by atoms with van der Waals surface area (Å²) in [5.41, 5.74) is -0.569. The van der Waals surface area contributed by atoms with Gasteiger partial charge in [0.25, 0.3) is 0 Å². The van der Waals surface area contributed by atoms with Crippen LogP contribution in [0.2, 0.25) is 0 Å². The van der Waals surface area contributed by atoms with E-state index in [0.717, 1.165) is 32.6 Å². The van der Waals surface area contributed by atoms with Crippen LogP contribution >= 0.6 is 0 Å². The molecule has 0 bridgehead atoms. The van der Waals surface area contributed by atoms with E-state index in [1.54, 1.807) is 0 Å². The summed E-state index contributed by atoms with van der Waals surface area (Å²) in [6.07, 6.45) is 3.60. The van der Waals surface area contributed by atoms with Crippen molar-refractivity contribution in [1.82, 2.24) is 10.2 Å². The van der Waals surface area contributed by atoms with E-state index in [-0.39, 0.29) is 0 Å². The molecule has 0 aromatic heterocycles. The minimum Gasteiger partial charge on any atom is -0.389 e. The normalized spacial score (nSPS) is 22.1. The lowest BCUT2D eigenvalue weighted by Crippen LogP contribution is -2.51. The van der Waals surface area contributed by atoms with Gasteiger partial charge in [-0.2, -0.15) is 0 Å². The van der Waals surface area contributed by atoms with Gasteiger partial charge in [0, 0.05) is 12.6 Å². The van der Waals surface area contributed by atoms with Crippen LogP contribution in [0.1, 0.15) is 47.0 Å². The fourth-order valence-electron chi connectivity index (χ4n) is 2.44. The summed E-state index contributed by atoms with van der Waals surface area (Å²) in [5, 5.41) is 13.9. The third-order valence-electron chi connectivity index (χ3n) is 4.10. The average Bonchev–Trinajstić information content (AvgIpc) is 2.29. The Morgan fingerprint density at radius 2 is 1.94 bits per heavy atom. The van der Waals surface area contributed by atoms with Crippen LogP contribution in [0.25, 0.3) is 0 Å². The summed E-state index contributed by atoms with van der Waals surface area (Å²) >= 11 is 0. The number of hydrogen-bond acceptors (Lipinski definition) is 3. The van der Waals surface area contributed by atoms with E-state index in [0.29, 0.717) is 12.0 Å². The highest BCUT2D eigenvalue weighted by Gasteiger charge is 2.30. The van der Waals surface area contributed by atoms with Gasteiger partial charge < -0.3 is 10.4 Å². The van der Waals surface area contributed by atoms with E-state index in [1.165, 1.54) is 12.8 Å². The molecule has 0 saturated carbocycles. The van der Waals surface area contributed by atoms with Gasteiger partial charge in [0.2, 0.25) is 0 Å². The number of aliphatic hydroxyl groups is 1. The van der Waals surface area contributed by atoms with Crippen molar-refractivity contribution in [3.05, 3.63) is 0 Å². The van der Waals surface area contributed by atoms with Crippen LogP contribution in [-0.2, 0) is 0 Å². The fourth-order valence-corrected chi connectivity index (χ4v) is 2.44. The second kappa shape index (κ2) is 6.72. The van der Waals surface area contributed by atoms with E-state index >= 15 is 0 Å². The van der Waals surface area contributed by atoms with E-state index < -0.39 is 5.60 Å². The summed E-state index contributed by atoms with van der Waals surface area (Å²) in [6, 6.07) is 0.654. The molecule has 1 saturated heterocycles. The SMILES string of the molecule is CCCN(CC(C)(O)C(C)C)C1CCNCC1. The highest BCUT2D eigenvalue weighted by atomic mass is 16.3. The first-order valence-electron chi connectivity index (χ1n) is 7.14. The lowest BCUT2D eigenvalue weighted by atomic mass is 9.90. The molecule has 1 aliphatic heterocycles. The molecule has 1 unspecified atom stereocenters. The maximum atomic E-state index is 10.5. The highest BCUT2D eigenvalue weighted by molar-refractivity contribution is 4.85. The van der Waals surface area contributed by atoms with Crippen LogP contribution in [0.4, 0.5) is 0 Å². The Morgan fingerprint density at radius 3 is 2.41 bits per heavy atom. The highest BCUT2D eigenvalue weighted by Crippen LogP contribution is 2.21. The molecule has 17 heavy (non-hydrogen) atoms. The lowest BCUT2D eigenvalue weighted by molar-refractivity contribution is -0.0324. The van der Waals surface area contributed by atoms with Gasteiger partial charge in [-0.1, -0.05) is 20.8 Å². The first-order chi connectivity index (χ1) is 7.97. The maximum Gasteiger partial charge on any atom is 0.0768 e. The van der Waals surface area contributed by atoms with Crippen molar-refractivity contribution >= 4 is 0 Å². The molecule has 1 rings (SSSR count). The van der Waals surface area contributed by atoms with Crippen LogP contribution in [0.15, 0.2) is 0 Å². The van der Waals surface area contributed by atoms with Crippen molar-refractivity contribution in [1.29, 1.82) is 0 Å². The molecule has 0 aromatic rings. The summed E-state index contributed by atoms with van der Waals surface area (Å²) in [5.74, 6) is 0.309. The Morgan fingerprint density at radius 1 is 1.35 bits per heavy atom. The predicted octanol–water partition coefficient (Wildman–Crippen LogP) is 1.86. The number of nitrogens with one attached hydrogen (secondary N) is 1. The van der Waals surface area contributed by atoms with E-state index in [2.05, 4.69) is 31.0 Å². The molecule has 0 radical (unpaired) electrons. The number of piperidine rings is 1. The largest absolute Gasteiger partial charge is 0.389 e. The molecule has 3 heteroatoms. The lowest BCUT2D eigenvalue weighted by Gasteiger charge is -2.40. The minimum absolute atomic E-state index is 0.309. The molecular formula is C14H30N2O. The van der Waals surface area contributed by atoms with Crippen molar-refractivity contribution in [2.75, 3.05) is 26.2 Å². The molecule has 1 fully saturated rings. The first kappa shape index (κ1) is 14.9. The monoisotopic (exact) mass is 242 g/mol. The van der Waals surface area contributed by atoms with Crippen LogP contribution in [0.3, 0.4) is 0 Å². The zero-order valence-electron chi connectivity index (χ0n) is 12.0. The van der Waals surface area contributed by atoms with Crippen LogP contribution in [0.5, 0.6) is 0 Å². The average molecular weight is 242 g/mol. The van der Waals surface area contributed by atoms with Gasteiger partial charge in [-0.25, -0.2) is 0 Å². The van der Waals surface area contributed by atoms with Gasteiger partial charge in [0.1, 0.15) is 0 Å². The topological polar surface area (TPSA) is 35.5 Å². The van der Waals surface area contributed by atoms with Crippen LogP contribution in [0, 0.1) is 5.92 Å². The molecule has 2 N–H and O–H groups in total. The Kier molecular flexibility index (Phi) is 5.90. The molecule has 0 aliphatic carbocycles. The smallest absolute Gasteiger partial charge is 0.0768 e. The van der Waals surface area contributed by atoms with Gasteiger partial charge in [0.05, 0.1) is 5.60 Å². The third-order valence-corrected chi connectivity index (χ3v) is 4.10. The van der Waals surface area contributed by atoms with Crippen LogP contribution in [-0.4, -0.2) is 47.8 Å². The molecule has 1 atom stereocenters. The second-order valence-electron chi connectivity index (χ2n) is 5.96. The van der Waals surface area contributed by atoms with Gasteiger partial charge in [0.15, 0.2) is 0 Å². The third kappa shape index (κ3) is 4.57. The summed E-state index contributed by atoms with van der Waals surface area (Å²) < 4.78 is 0. The van der Waals surface area contributed by atoms with E-state index in [4.69, 9.17) is 0 Å². The zero-order valence-corrected chi connectivity index (χ0v) is 12.0. The first-order valence-corrected chi connectivity index (χ1v) is 7.14. The van der Waals surface area contributed by atoms with Gasteiger partial charge in [-0.05, 0) is 51.7 Å². The molecule has 102 valence electrons. The van der Waals surface area contributed by atoms with Crippen molar-refractivity contribution < 1.29 is 5.11 Å². The number of hydrogen-bond donors (Lipinski definition) is 2. The van der Waals surface area contributed by atoms with Crippen molar-refractivity contribution in [2.45, 2.75) is 58.6 Å². The molecule has 0 aromatic carbocycles. The minimum atomic E-state index is -0.569. The van der Waals surface area contributed by atoms with E-state index in [1.807, 2.05) is 6.92 Å². The zero-order chi connectivity index (χ0) is 12.9. The van der Waals surface area contributed by atoms with Crippen molar-refractivity contribution in [3.63, 3.8) is 0 Å². The Hall–Kier alpha value is -0.120. The number of nitrogens with zero attached hydrogens (tertiary/aromatic N) is 1. The molecule has 3 nitrogen and oxygen atoms in total. The Bertz CT molecular complexity index is 210.